The topological polar surface area (TPSA) is 58.5 Å². The number of hydrogen-bond donors (Lipinski definition) is 2. The van der Waals surface area contributed by atoms with Crippen molar-refractivity contribution in [2.75, 3.05) is 13.7 Å². The molecule has 5 nitrogen and oxygen atoms in total. The maximum Gasteiger partial charge on any atom is 0.213 e. The quantitative estimate of drug-likeness (QED) is 0.362. The number of halogens is 2. The van der Waals surface area contributed by atoms with Crippen LogP contribution in [-0.4, -0.2) is 24.6 Å². The molecule has 0 unspecified atom stereocenters. The summed E-state index contributed by atoms with van der Waals surface area (Å²) >= 11 is 5.89. The van der Waals surface area contributed by atoms with Gasteiger partial charge in [0.2, 0.25) is 5.88 Å². The number of nitrogens with zero attached hydrogens (tertiary/aromatic N) is 2. The largest absolute Gasteiger partial charge is 0.478 e. The van der Waals surface area contributed by atoms with Crippen molar-refractivity contribution in [2.45, 2.75) is 26.4 Å². The predicted octanol–water partition coefficient (Wildman–Crippen LogP) is 4.01. The van der Waals surface area contributed by atoms with Gasteiger partial charge in [-0.25, -0.2) is 4.98 Å². The minimum atomic E-state index is 0. The van der Waals surface area contributed by atoms with Gasteiger partial charge < -0.3 is 15.4 Å². The highest BCUT2D eigenvalue weighted by Gasteiger charge is 2.01. The zero-order chi connectivity index (χ0) is 17.2. The molecule has 1 aromatic carbocycles. The van der Waals surface area contributed by atoms with Crippen LogP contribution in [0.2, 0.25) is 5.02 Å². The van der Waals surface area contributed by atoms with E-state index in [-0.39, 0.29) is 24.0 Å². The van der Waals surface area contributed by atoms with E-state index in [1.54, 1.807) is 7.05 Å². The predicted molar refractivity (Wildman–Crippen MR) is 114 cm³/mol. The third-order valence-corrected chi connectivity index (χ3v) is 3.56. The van der Waals surface area contributed by atoms with Crippen molar-refractivity contribution in [1.29, 1.82) is 0 Å². The molecule has 2 aromatic rings. The lowest BCUT2D eigenvalue weighted by Gasteiger charge is -2.12. The second kappa shape index (κ2) is 11.9. The van der Waals surface area contributed by atoms with Crippen molar-refractivity contribution >= 4 is 41.5 Å². The van der Waals surface area contributed by atoms with Gasteiger partial charge in [0.25, 0.3) is 0 Å². The van der Waals surface area contributed by atoms with Crippen LogP contribution in [0, 0.1) is 0 Å². The van der Waals surface area contributed by atoms with Gasteiger partial charge in [-0.1, -0.05) is 36.7 Å². The molecule has 136 valence electrons. The van der Waals surface area contributed by atoms with Gasteiger partial charge in [-0.3, -0.25) is 4.99 Å². The molecular weight excluding hydrogens is 451 g/mol. The molecule has 0 atom stereocenters. The standard InChI is InChI=1S/C18H23ClN4O.HI/c1-3-10-24-17-9-6-15(12-21-17)13-23-18(20-2)22-11-14-4-7-16(19)8-5-14;/h4-9,12H,3,10-11,13H2,1-2H3,(H2,20,22,23);1H. The molecule has 0 aliphatic carbocycles. The van der Waals surface area contributed by atoms with E-state index in [2.05, 4.69) is 27.5 Å². The molecule has 0 saturated carbocycles. The first-order valence-electron chi connectivity index (χ1n) is 7.98. The lowest BCUT2D eigenvalue weighted by Crippen LogP contribution is -2.36. The number of benzene rings is 1. The van der Waals surface area contributed by atoms with Gasteiger partial charge in [-0.15, -0.1) is 24.0 Å². The molecule has 2 N–H and O–H groups in total. The van der Waals surface area contributed by atoms with Crippen LogP contribution in [0.15, 0.2) is 47.6 Å². The number of rotatable bonds is 7. The van der Waals surface area contributed by atoms with E-state index in [4.69, 9.17) is 16.3 Å². The molecule has 1 heterocycles. The average molecular weight is 475 g/mol. The summed E-state index contributed by atoms with van der Waals surface area (Å²) < 4.78 is 5.48. The lowest BCUT2D eigenvalue weighted by molar-refractivity contribution is 0.305. The first-order valence-corrected chi connectivity index (χ1v) is 8.35. The zero-order valence-corrected chi connectivity index (χ0v) is 17.5. The van der Waals surface area contributed by atoms with Crippen LogP contribution in [0.3, 0.4) is 0 Å². The van der Waals surface area contributed by atoms with Crippen LogP contribution in [0.1, 0.15) is 24.5 Å². The van der Waals surface area contributed by atoms with Crippen molar-refractivity contribution in [3.63, 3.8) is 0 Å². The third kappa shape index (κ3) is 7.92. The molecule has 1 aromatic heterocycles. The van der Waals surface area contributed by atoms with E-state index >= 15 is 0 Å². The molecule has 0 bridgehead atoms. The van der Waals surface area contributed by atoms with E-state index in [1.807, 2.05) is 42.6 Å². The number of aliphatic imine (C=N–C) groups is 1. The Morgan fingerprint density at radius 2 is 1.72 bits per heavy atom. The maximum absolute atomic E-state index is 5.89. The van der Waals surface area contributed by atoms with Crippen LogP contribution < -0.4 is 15.4 Å². The fraction of sp³-hybridized carbons (Fsp3) is 0.333. The first kappa shape index (κ1) is 21.5. The van der Waals surface area contributed by atoms with E-state index in [9.17, 15) is 0 Å². The molecule has 0 aliphatic rings. The summed E-state index contributed by atoms with van der Waals surface area (Å²) in [6.45, 7) is 4.08. The van der Waals surface area contributed by atoms with Gasteiger partial charge in [0.1, 0.15) is 0 Å². The molecular formula is C18H24ClIN4O. The maximum atomic E-state index is 5.89. The minimum Gasteiger partial charge on any atom is -0.478 e. The Hall–Kier alpha value is -1.54. The average Bonchev–Trinajstić information content (AvgIpc) is 2.62. The molecule has 0 radical (unpaired) electrons. The van der Waals surface area contributed by atoms with Crippen LogP contribution >= 0.6 is 35.6 Å². The van der Waals surface area contributed by atoms with E-state index < -0.39 is 0 Å². The second-order valence-electron chi connectivity index (χ2n) is 5.26. The molecule has 25 heavy (non-hydrogen) atoms. The number of pyridine rings is 1. The van der Waals surface area contributed by atoms with Crippen LogP contribution in [0.5, 0.6) is 5.88 Å². The van der Waals surface area contributed by atoms with Crippen molar-refractivity contribution in [3.05, 3.63) is 58.7 Å². The SMILES string of the molecule is CCCOc1ccc(CNC(=NC)NCc2ccc(Cl)cc2)cn1.I. The highest BCUT2D eigenvalue weighted by atomic mass is 127. The summed E-state index contributed by atoms with van der Waals surface area (Å²) in [5, 5.41) is 7.26. The smallest absolute Gasteiger partial charge is 0.213 e. The molecule has 0 fully saturated rings. The Morgan fingerprint density at radius 3 is 2.28 bits per heavy atom. The van der Waals surface area contributed by atoms with Gasteiger partial charge in [-0.2, -0.15) is 0 Å². The Morgan fingerprint density at radius 1 is 1.08 bits per heavy atom. The monoisotopic (exact) mass is 474 g/mol. The Kier molecular flexibility index (Phi) is 10.3. The van der Waals surface area contributed by atoms with Crippen molar-refractivity contribution in [2.24, 2.45) is 4.99 Å². The van der Waals surface area contributed by atoms with Gasteiger partial charge in [0.15, 0.2) is 5.96 Å². The Bertz CT molecular complexity index is 647. The summed E-state index contributed by atoms with van der Waals surface area (Å²) in [6, 6.07) is 11.6. The van der Waals surface area contributed by atoms with E-state index in [1.165, 1.54) is 0 Å². The van der Waals surface area contributed by atoms with Crippen molar-refractivity contribution in [1.82, 2.24) is 15.6 Å². The van der Waals surface area contributed by atoms with Crippen LogP contribution in [-0.2, 0) is 13.1 Å². The Balaban J connectivity index is 0.00000312. The zero-order valence-electron chi connectivity index (χ0n) is 14.5. The van der Waals surface area contributed by atoms with Crippen molar-refractivity contribution < 1.29 is 4.74 Å². The summed E-state index contributed by atoms with van der Waals surface area (Å²) in [4.78, 5) is 8.50. The summed E-state index contributed by atoms with van der Waals surface area (Å²) in [6.07, 6.45) is 2.78. The molecule has 7 heteroatoms. The second-order valence-corrected chi connectivity index (χ2v) is 5.70. The summed E-state index contributed by atoms with van der Waals surface area (Å²) in [5.41, 5.74) is 2.20. The van der Waals surface area contributed by atoms with Crippen LogP contribution in [0.4, 0.5) is 0 Å². The van der Waals surface area contributed by atoms with Crippen molar-refractivity contribution in [3.8, 4) is 5.88 Å². The summed E-state index contributed by atoms with van der Waals surface area (Å²) in [5.74, 6) is 1.39. The summed E-state index contributed by atoms with van der Waals surface area (Å²) in [7, 11) is 1.75. The fourth-order valence-electron chi connectivity index (χ4n) is 2.00. The fourth-order valence-corrected chi connectivity index (χ4v) is 2.13. The number of guanidine groups is 1. The Labute approximate surface area is 171 Å². The number of aromatic nitrogens is 1. The van der Waals surface area contributed by atoms with Gasteiger partial charge >= 0.3 is 0 Å². The molecule has 0 spiro atoms. The van der Waals surface area contributed by atoms with E-state index in [0.717, 1.165) is 28.5 Å². The minimum absolute atomic E-state index is 0. The third-order valence-electron chi connectivity index (χ3n) is 3.31. The normalized spacial score (nSPS) is 10.8. The van der Waals surface area contributed by atoms with Gasteiger partial charge in [-0.05, 0) is 29.7 Å². The number of hydrogen-bond acceptors (Lipinski definition) is 3. The van der Waals surface area contributed by atoms with Gasteiger partial charge in [0.05, 0.1) is 6.61 Å². The van der Waals surface area contributed by atoms with Gasteiger partial charge in [0, 0.05) is 37.4 Å². The van der Waals surface area contributed by atoms with E-state index in [0.29, 0.717) is 25.6 Å². The molecule has 0 aliphatic heterocycles. The number of nitrogens with one attached hydrogen (secondary N) is 2. The highest BCUT2D eigenvalue weighted by Crippen LogP contribution is 2.09. The highest BCUT2D eigenvalue weighted by molar-refractivity contribution is 14.0. The van der Waals surface area contributed by atoms with Crippen LogP contribution in [0.25, 0.3) is 0 Å². The molecule has 2 rings (SSSR count). The first-order chi connectivity index (χ1) is 11.7. The molecule has 0 saturated heterocycles. The number of ether oxygens (including phenoxy) is 1. The molecule has 0 amide bonds. The lowest BCUT2D eigenvalue weighted by atomic mass is 10.2.